The number of aliphatic hydroxyl groups is 1. The quantitative estimate of drug-likeness (QED) is 0.883. The maximum atomic E-state index is 13.7. The van der Waals surface area contributed by atoms with Gasteiger partial charge >= 0.3 is 0 Å². The molecular formula is C15H14ClFO. The van der Waals surface area contributed by atoms with Gasteiger partial charge in [0.25, 0.3) is 0 Å². The van der Waals surface area contributed by atoms with Gasteiger partial charge in [0.1, 0.15) is 5.82 Å². The minimum atomic E-state index is -0.314. The Balaban J connectivity index is 2.29. The molecule has 2 aromatic carbocycles. The second-order valence-electron chi connectivity index (χ2n) is 4.12. The van der Waals surface area contributed by atoms with Gasteiger partial charge in [-0.05, 0) is 36.1 Å². The van der Waals surface area contributed by atoms with Crippen molar-refractivity contribution in [2.75, 3.05) is 6.61 Å². The summed E-state index contributed by atoms with van der Waals surface area (Å²) in [4.78, 5) is 0. The zero-order chi connectivity index (χ0) is 13.0. The summed E-state index contributed by atoms with van der Waals surface area (Å²) in [5.41, 5.74) is 2.33. The molecule has 18 heavy (non-hydrogen) atoms. The zero-order valence-corrected chi connectivity index (χ0v) is 10.6. The molecule has 94 valence electrons. The van der Waals surface area contributed by atoms with Crippen molar-refractivity contribution in [2.24, 2.45) is 0 Å². The summed E-state index contributed by atoms with van der Waals surface area (Å²) in [6.45, 7) is 0.181. The molecule has 0 radical (unpaired) electrons. The molecule has 0 unspecified atom stereocenters. The van der Waals surface area contributed by atoms with Gasteiger partial charge in [-0.2, -0.15) is 0 Å². The Labute approximate surface area is 111 Å². The Morgan fingerprint density at radius 2 is 1.78 bits per heavy atom. The van der Waals surface area contributed by atoms with Crippen LogP contribution in [-0.4, -0.2) is 11.7 Å². The van der Waals surface area contributed by atoms with Crippen molar-refractivity contribution in [2.45, 2.75) is 12.8 Å². The fourth-order valence-corrected chi connectivity index (χ4v) is 2.17. The lowest BCUT2D eigenvalue weighted by molar-refractivity contribution is 0.288. The third-order valence-electron chi connectivity index (χ3n) is 2.83. The van der Waals surface area contributed by atoms with Crippen LogP contribution in [-0.2, 0) is 6.42 Å². The molecule has 1 nitrogen and oxygen atoms in total. The maximum Gasteiger partial charge on any atom is 0.132 e. The number of hydrogen-bond acceptors (Lipinski definition) is 1. The van der Waals surface area contributed by atoms with E-state index >= 15 is 0 Å². The molecule has 0 atom stereocenters. The summed E-state index contributed by atoms with van der Waals surface area (Å²) in [7, 11) is 0. The molecule has 0 saturated carbocycles. The molecule has 2 rings (SSSR count). The summed E-state index contributed by atoms with van der Waals surface area (Å²) in [6.07, 6.45) is 1.56. The fourth-order valence-electron chi connectivity index (χ4n) is 1.89. The predicted octanol–water partition coefficient (Wildman–Crippen LogP) is 4.07. The predicted molar refractivity (Wildman–Crippen MR) is 72.3 cm³/mol. The van der Waals surface area contributed by atoms with E-state index in [0.717, 1.165) is 24.0 Å². The normalized spacial score (nSPS) is 10.6. The van der Waals surface area contributed by atoms with Crippen molar-refractivity contribution in [1.29, 1.82) is 0 Å². The molecule has 1 N–H and O–H groups in total. The van der Waals surface area contributed by atoms with Crippen LogP contribution in [0.3, 0.4) is 0 Å². The van der Waals surface area contributed by atoms with Crippen molar-refractivity contribution < 1.29 is 9.50 Å². The van der Waals surface area contributed by atoms with E-state index in [2.05, 4.69) is 0 Å². The standard InChI is InChI=1S/C15H14ClFO/c16-13-4-1-5-14(17)15(13)12-8-6-11(7-9-12)3-2-10-18/h1,4-9,18H,2-3,10H2. The van der Waals surface area contributed by atoms with Crippen LogP contribution in [0, 0.1) is 5.82 Å². The van der Waals surface area contributed by atoms with E-state index in [1.54, 1.807) is 12.1 Å². The first-order chi connectivity index (χ1) is 8.72. The van der Waals surface area contributed by atoms with Crippen molar-refractivity contribution in [1.82, 2.24) is 0 Å². The average molecular weight is 265 g/mol. The van der Waals surface area contributed by atoms with E-state index in [0.29, 0.717) is 10.6 Å². The molecule has 2 aromatic rings. The highest BCUT2D eigenvalue weighted by atomic mass is 35.5. The lowest BCUT2D eigenvalue weighted by Crippen LogP contribution is -1.90. The van der Waals surface area contributed by atoms with Crippen molar-refractivity contribution in [3.05, 3.63) is 58.9 Å². The Bertz CT molecular complexity index is 502. The highest BCUT2D eigenvalue weighted by molar-refractivity contribution is 6.33. The van der Waals surface area contributed by atoms with E-state index in [1.807, 2.05) is 24.3 Å². The fraction of sp³-hybridized carbons (Fsp3) is 0.200. The van der Waals surface area contributed by atoms with E-state index in [-0.39, 0.29) is 12.4 Å². The van der Waals surface area contributed by atoms with Crippen LogP contribution >= 0.6 is 11.6 Å². The summed E-state index contributed by atoms with van der Waals surface area (Å²) in [5.74, 6) is -0.314. The van der Waals surface area contributed by atoms with E-state index in [1.165, 1.54) is 6.07 Å². The molecular weight excluding hydrogens is 251 g/mol. The van der Waals surface area contributed by atoms with Crippen LogP contribution in [0.4, 0.5) is 4.39 Å². The second-order valence-corrected chi connectivity index (χ2v) is 4.53. The molecule has 0 fully saturated rings. The first-order valence-electron chi connectivity index (χ1n) is 5.86. The smallest absolute Gasteiger partial charge is 0.132 e. The topological polar surface area (TPSA) is 20.2 Å². The number of aryl methyl sites for hydroxylation is 1. The molecule has 0 aromatic heterocycles. The minimum Gasteiger partial charge on any atom is -0.396 e. The van der Waals surface area contributed by atoms with E-state index in [4.69, 9.17) is 16.7 Å². The van der Waals surface area contributed by atoms with Gasteiger partial charge in [-0.1, -0.05) is 41.9 Å². The zero-order valence-electron chi connectivity index (χ0n) is 9.87. The Kier molecular flexibility index (Phi) is 4.34. The molecule has 0 bridgehead atoms. The Morgan fingerprint density at radius 3 is 2.39 bits per heavy atom. The third kappa shape index (κ3) is 2.89. The van der Waals surface area contributed by atoms with Crippen molar-refractivity contribution >= 4 is 11.6 Å². The molecule has 0 spiro atoms. The third-order valence-corrected chi connectivity index (χ3v) is 3.14. The average Bonchev–Trinajstić information content (AvgIpc) is 2.37. The van der Waals surface area contributed by atoms with E-state index < -0.39 is 0 Å². The van der Waals surface area contributed by atoms with E-state index in [9.17, 15) is 4.39 Å². The summed E-state index contributed by atoms with van der Waals surface area (Å²) >= 11 is 6.01. The van der Waals surface area contributed by atoms with Crippen molar-refractivity contribution in [3.63, 3.8) is 0 Å². The molecule has 0 heterocycles. The SMILES string of the molecule is OCCCc1ccc(-c2c(F)cccc2Cl)cc1. The van der Waals surface area contributed by atoms with Crippen LogP contribution in [0.25, 0.3) is 11.1 Å². The molecule has 0 aliphatic heterocycles. The lowest BCUT2D eigenvalue weighted by Gasteiger charge is -2.07. The number of halogens is 2. The first-order valence-corrected chi connectivity index (χ1v) is 6.24. The largest absolute Gasteiger partial charge is 0.396 e. The molecule has 3 heteroatoms. The second kappa shape index (κ2) is 5.98. The van der Waals surface area contributed by atoms with Gasteiger partial charge in [-0.15, -0.1) is 0 Å². The molecule has 0 saturated heterocycles. The van der Waals surface area contributed by atoms with Gasteiger partial charge in [0.2, 0.25) is 0 Å². The molecule has 0 amide bonds. The summed E-state index contributed by atoms with van der Waals surface area (Å²) < 4.78 is 13.7. The van der Waals surface area contributed by atoms with Gasteiger partial charge in [-0.25, -0.2) is 4.39 Å². The van der Waals surface area contributed by atoms with Crippen LogP contribution in [0.5, 0.6) is 0 Å². The van der Waals surface area contributed by atoms with Gasteiger partial charge in [0, 0.05) is 12.2 Å². The van der Waals surface area contributed by atoms with Crippen LogP contribution in [0.1, 0.15) is 12.0 Å². The number of aliphatic hydroxyl groups excluding tert-OH is 1. The number of hydrogen-bond donors (Lipinski definition) is 1. The lowest BCUT2D eigenvalue weighted by atomic mass is 10.0. The highest BCUT2D eigenvalue weighted by Gasteiger charge is 2.08. The number of benzene rings is 2. The van der Waals surface area contributed by atoms with Gasteiger partial charge in [-0.3, -0.25) is 0 Å². The molecule has 0 aliphatic rings. The number of rotatable bonds is 4. The molecule has 0 aliphatic carbocycles. The first kappa shape index (κ1) is 13.1. The Morgan fingerprint density at radius 1 is 1.06 bits per heavy atom. The monoisotopic (exact) mass is 264 g/mol. The van der Waals surface area contributed by atoms with Crippen LogP contribution < -0.4 is 0 Å². The highest BCUT2D eigenvalue weighted by Crippen LogP contribution is 2.30. The Hall–Kier alpha value is -1.38. The summed E-state index contributed by atoms with van der Waals surface area (Å²) in [6, 6.07) is 12.3. The maximum absolute atomic E-state index is 13.7. The summed E-state index contributed by atoms with van der Waals surface area (Å²) in [5, 5.41) is 9.18. The van der Waals surface area contributed by atoms with Gasteiger partial charge in [0.05, 0.1) is 5.02 Å². The van der Waals surface area contributed by atoms with Crippen LogP contribution in [0.15, 0.2) is 42.5 Å². The van der Waals surface area contributed by atoms with Crippen molar-refractivity contribution in [3.8, 4) is 11.1 Å². The van der Waals surface area contributed by atoms with Gasteiger partial charge < -0.3 is 5.11 Å². The van der Waals surface area contributed by atoms with Gasteiger partial charge in [0.15, 0.2) is 0 Å². The minimum absolute atomic E-state index is 0.181. The van der Waals surface area contributed by atoms with Crippen LogP contribution in [0.2, 0.25) is 5.02 Å².